The summed E-state index contributed by atoms with van der Waals surface area (Å²) in [4.78, 5) is 17.6. The molecule has 0 saturated heterocycles. The number of hydrogen-bond donors (Lipinski definition) is 1. The minimum absolute atomic E-state index is 0.0891. The molecular weight excluding hydrogens is 312 g/mol. The van der Waals surface area contributed by atoms with Crippen molar-refractivity contribution in [2.24, 2.45) is 0 Å². The van der Waals surface area contributed by atoms with Gasteiger partial charge >= 0.3 is 0 Å². The molecule has 3 rings (SSSR count). The normalized spacial score (nSPS) is 12.1. The predicted molar refractivity (Wildman–Crippen MR) is 89.9 cm³/mol. The molecule has 0 aliphatic carbocycles. The number of amides is 1. The van der Waals surface area contributed by atoms with E-state index in [1.165, 1.54) is 11.8 Å². The molecule has 0 spiro atoms. The molecule has 2 aromatic heterocycles. The fourth-order valence-corrected chi connectivity index (χ4v) is 2.94. The Labute approximate surface area is 137 Å². The Hall–Kier alpha value is -2.54. The van der Waals surface area contributed by atoms with Crippen LogP contribution in [0.4, 0.5) is 5.82 Å². The molecule has 1 atom stereocenters. The second-order valence-electron chi connectivity index (χ2n) is 4.86. The summed E-state index contributed by atoms with van der Waals surface area (Å²) in [5, 5.41) is 6.79. The van der Waals surface area contributed by atoms with Gasteiger partial charge in [0, 0.05) is 17.2 Å². The lowest BCUT2D eigenvalue weighted by Crippen LogP contribution is -2.23. The number of rotatable bonds is 5. The second-order valence-corrected chi connectivity index (χ2v) is 6.27. The lowest BCUT2D eigenvalue weighted by atomic mass is 10.3. The van der Waals surface area contributed by atoms with E-state index in [0.29, 0.717) is 11.5 Å². The summed E-state index contributed by atoms with van der Waals surface area (Å²) in [6, 6.07) is 11.1. The highest BCUT2D eigenvalue weighted by molar-refractivity contribution is 8.00. The molecule has 1 amide bonds. The number of carbonyl (C=O) groups is 1. The van der Waals surface area contributed by atoms with Gasteiger partial charge in [0.2, 0.25) is 5.91 Å². The smallest absolute Gasteiger partial charge is 0.238 e. The zero-order valence-electron chi connectivity index (χ0n) is 12.8. The molecule has 1 N–H and O–H groups in total. The fourth-order valence-electron chi connectivity index (χ4n) is 2.07. The Bertz CT molecular complexity index is 816. The molecule has 23 heavy (non-hydrogen) atoms. The van der Waals surface area contributed by atoms with Crippen LogP contribution in [0.3, 0.4) is 0 Å². The van der Waals surface area contributed by atoms with Crippen molar-refractivity contribution in [3.8, 4) is 5.75 Å². The van der Waals surface area contributed by atoms with Gasteiger partial charge in [0.25, 0.3) is 0 Å². The third-order valence-electron chi connectivity index (χ3n) is 3.28. The van der Waals surface area contributed by atoms with Crippen molar-refractivity contribution in [1.29, 1.82) is 0 Å². The third-order valence-corrected chi connectivity index (χ3v) is 4.39. The van der Waals surface area contributed by atoms with Gasteiger partial charge in [-0.05, 0) is 37.3 Å². The van der Waals surface area contributed by atoms with Crippen molar-refractivity contribution in [1.82, 2.24) is 14.6 Å². The summed E-state index contributed by atoms with van der Waals surface area (Å²) in [7, 11) is 1.63. The van der Waals surface area contributed by atoms with Crippen LogP contribution in [0.2, 0.25) is 0 Å². The highest BCUT2D eigenvalue weighted by atomic mass is 32.2. The maximum absolute atomic E-state index is 12.4. The van der Waals surface area contributed by atoms with Crippen molar-refractivity contribution in [2.45, 2.75) is 17.1 Å². The SMILES string of the molecule is COc1ccc(S[C@H](C)C(=O)Nc2ccnc3ccnn23)cc1. The molecule has 0 radical (unpaired) electrons. The summed E-state index contributed by atoms with van der Waals surface area (Å²) in [5.74, 6) is 1.31. The molecule has 1 aromatic carbocycles. The molecular formula is C16H16N4O2S. The molecule has 3 aromatic rings. The Kier molecular flexibility index (Phi) is 4.47. The van der Waals surface area contributed by atoms with Gasteiger partial charge in [-0.2, -0.15) is 9.61 Å². The van der Waals surface area contributed by atoms with Crippen molar-refractivity contribution in [3.05, 3.63) is 48.8 Å². The first-order chi connectivity index (χ1) is 11.2. The topological polar surface area (TPSA) is 68.5 Å². The van der Waals surface area contributed by atoms with Crippen molar-refractivity contribution < 1.29 is 9.53 Å². The van der Waals surface area contributed by atoms with Gasteiger partial charge in [-0.25, -0.2) is 4.98 Å². The monoisotopic (exact) mass is 328 g/mol. The van der Waals surface area contributed by atoms with Crippen LogP contribution >= 0.6 is 11.8 Å². The van der Waals surface area contributed by atoms with Crippen LogP contribution in [0.25, 0.3) is 5.65 Å². The number of carbonyl (C=O) groups excluding carboxylic acids is 1. The standard InChI is InChI=1S/C16H16N4O2S/c1-11(23-13-5-3-12(22-2)4-6-13)16(21)19-15-7-9-17-14-8-10-18-20(14)15/h3-11H,1-2H3,(H,19,21)/t11-/m1/s1. The minimum Gasteiger partial charge on any atom is -0.497 e. The van der Waals surface area contributed by atoms with Crippen LogP contribution in [-0.2, 0) is 4.79 Å². The highest BCUT2D eigenvalue weighted by Gasteiger charge is 2.16. The number of aromatic nitrogens is 3. The number of ether oxygens (including phenoxy) is 1. The van der Waals surface area contributed by atoms with E-state index in [1.54, 1.807) is 36.2 Å². The number of nitrogens with zero attached hydrogens (tertiary/aromatic N) is 3. The molecule has 118 valence electrons. The minimum atomic E-state index is -0.248. The van der Waals surface area contributed by atoms with Crippen LogP contribution in [0, 0.1) is 0 Å². The van der Waals surface area contributed by atoms with Gasteiger partial charge in [-0.1, -0.05) is 0 Å². The number of hydrogen-bond acceptors (Lipinski definition) is 5. The fraction of sp³-hybridized carbons (Fsp3) is 0.188. The molecule has 0 aliphatic rings. The highest BCUT2D eigenvalue weighted by Crippen LogP contribution is 2.26. The van der Waals surface area contributed by atoms with Gasteiger partial charge in [-0.3, -0.25) is 4.79 Å². The van der Waals surface area contributed by atoms with Gasteiger partial charge in [-0.15, -0.1) is 11.8 Å². The summed E-state index contributed by atoms with van der Waals surface area (Å²) in [5.41, 5.74) is 0.693. The molecule has 2 heterocycles. The Morgan fingerprint density at radius 1 is 1.22 bits per heavy atom. The Morgan fingerprint density at radius 2 is 2.00 bits per heavy atom. The summed E-state index contributed by atoms with van der Waals surface area (Å²) < 4.78 is 6.73. The van der Waals surface area contributed by atoms with E-state index in [-0.39, 0.29) is 11.2 Å². The molecule has 0 unspecified atom stereocenters. The number of methoxy groups -OCH3 is 1. The quantitative estimate of drug-likeness (QED) is 0.729. The number of thioether (sulfide) groups is 1. The van der Waals surface area contributed by atoms with Crippen LogP contribution in [-0.4, -0.2) is 32.9 Å². The lowest BCUT2D eigenvalue weighted by molar-refractivity contribution is -0.115. The number of benzene rings is 1. The number of nitrogens with one attached hydrogen (secondary N) is 1. The lowest BCUT2D eigenvalue weighted by Gasteiger charge is -2.13. The molecule has 6 nitrogen and oxygen atoms in total. The van der Waals surface area contributed by atoms with Crippen molar-refractivity contribution >= 4 is 29.1 Å². The van der Waals surface area contributed by atoms with Crippen LogP contribution in [0.15, 0.2) is 53.7 Å². The van der Waals surface area contributed by atoms with Crippen molar-refractivity contribution in [2.75, 3.05) is 12.4 Å². The van der Waals surface area contributed by atoms with Gasteiger partial charge in [0.1, 0.15) is 11.6 Å². The first-order valence-corrected chi connectivity index (χ1v) is 7.95. The van der Waals surface area contributed by atoms with E-state index in [4.69, 9.17) is 4.74 Å². The third kappa shape index (κ3) is 3.45. The molecule has 0 fully saturated rings. The average molecular weight is 328 g/mol. The maximum atomic E-state index is 12.4. The zero-order valence-corrected chi connectivity index (χ0v) is 13.6. The van der Waals surface area contributed by atoms with Gasteiger partial charge in [0.05, 0.1) is 18.6 Å². The predicted octanol–water partition coefficient (Wildman–Crippen LogP) is 2.86. The van der Waals surface area contributed by atoms with E-state index in [0.717, 1.165) is 10.6 Å². The molecule has 7 heteroatoms. The van der Waals surface area contributed by atoms with Crippen molar-refractivity contribution in [3.63, 3.8) is 0 Å². The zero-order chi connectivity index (χ0) is 16.2. The van der Waals surface area contributed by atoms with E-state index in [1.807, 2.05) is 31.2 Å². The molecule has 0 aliphatic heterocycles. The van der Waals surface area contributed by atoms with E-state index in [2.05, 4.69) is 15.4 Å². The van der Waals surface area contributed by atoms with E-state index >= 15 is 0 Å². The number of fused-ring (bicyclic) bond motifs is 1. The van der Waals surface area contributed by atoms with Gasteiger partial charge in [0.15, 0.2) is 5.65 Å². The first kappa shape index (κ1) is 15.4. The van der Waals surface area contributed by atoms with Crippen LogP contribution < -0.4 is 10.1 Å². The molecule has 0 saturated carbocycles. The van der Waals surface area contributed by atoms with Crippen LogP contribution in [0.1, 0.15) is 6.92 Å². The largest absolute Gasteiger partial charge is 0.497 e. The Morgan fingerprint density at radius 3 is 2.74 bits per heavy atom. The maximum Gasteiger partial charge on any atom is 0.238 e. The number of anilines is 1. The summed E-state index contributed by atoms with van der Waals surface area (Å²) >= 11 is 1.48. The molecule has 0 bridgehead atoms. The second kappa shape index (κ2) is 6.70. The van der Waals surface area contributed by atoms with Gasteiger partial charge < -0.3 is 10.1 Å². The Balaban J connectivity index is 1.68. The van der Waals surface area contributed by atoms with E-state index in [9.17, 15) is 4.79 Å². The first-order valence-electron chi connectivity index (χ1n) is 7.07. The summed E-state index contributed by atoms with van der Waals surface area (Å²) in [6.45, 7) is 1.87. The summed E-state index contributed by atoms with van der Waals surface area (Å²) in [6.07, 6.45) is 3.29. The average Bonchev–Trinajstić information content (AvgIpc) is 3.05. The van der Waals surface area contributed by atoms with Crippen LogP contribution in [0.5, 0.6) is 5.75 Å². The van der Waals surface area contributed by atoms with E-state index < -0.39 is 0 Å².